The van der Waals surface area contributed by atoms with E-state index in [1.54, 1.807) is 10.9 Å². The molecular weight excluding hydrogens is 509 g/mol. The molecule has 0 spiro atoms. The number of thioether (sulfide) groups is 2. The Morgan fingerprint density at radius 2 is 2.21 bits per heavy atom. The normalized spacial score (nSPS) is 20.7. The molecule has 2 amide bonds. The zero-order valence-corrected chi connectivity index (χ0v) is 20.1. The molecule has 2 aromatic heterocycles. The second kappa shape index (κ2) is 9.54. The van der Waals surface area contributed by atoms with Crippen molar-refractivity contribution in [3.8, 4) is 0 Å². The van der Waals surface area contributed by atoms with Crippen molar-refractivity contribution < 1.29 is 24.7 Å². The zero-order valence-electron chi connectivity index (χ0n) is 16.8. The number of carboxylic acids is 1. The van der Waals surface area contributed by atoms with E-state index in [1.165, 1.54) is 45.1 Å². The number of anilines is 1. The summed E-state index contributed by atoms with van der Waals surface area (Å²) >= 11 is 5.10. The minimum Gasteiger partial charge on any atom is -0.477 e. The molecule has 0 aliphatic carbocycles. The molecule has 2 aliphatic rings. The minimum atomic E-state index is -1.22. The van der Waals surface area contributed by atoms with E-state index in [4.69, 9.17) is 5.73 Å². The molecule has 5 N–H and O–H groups in total. The highest BCUT2D eigenvalue weighted by Gasteiger charge is 2.54. The van der Waals surface area contributed by atoms with Crippen LogP contribution in [0.1, 0.15) is 16.3 Å². The number of carbonyl (C=O) groups is 3. The van der Waals surface area contributed by atoms with Gasteiger partial charge < -0.3 is 21.4 Å². The third-order valence-electron chi connectivity index (χ3n) is 4.71. The lowest BCUT2D eigenvalue weighted by Crippen LogP contribution is -2.71. The Bertz CT molecular complexity index is 1220. The van der Waals surface area contributed by atoms with Gasteiger partial charge in [-0.1, -0.05) is 16.9 Å². The van der Waals surface area contributed by atoms with Crippen molar-refractivity contribution in [1.82, 2.24) is 20.2 Å². The maximum absolute atomic E-state index is 12.8. The van der Waals surface area contributed by atoms with Crippen LogP contribution in [0.15, 0.2) is 32.1 Å². The van der Waals surface area contributed by atoms with Crippen LogP contribution < -0.4 is 11.1 Å². The van der Waals surface area contributed by atoms with Gasteiger partial charge in [0.25, 0.3) is 11.8 Å². The predicted octanol–water partition coefficient (Wildman–Crippen LogP) is 1.77. The number of aromatic nitrogens is 2. The molecule has 0 saturated carbocycles. The van der Waals surface area contributed by atoms with Crippen LogP contribution in [-0.2, 0) is 14.4 Å². The fourth-order valence-electron chi connectivity index (χ4n) is 3.15. The quantitative estimate of drug-likeness (QED) is 0.181. The monoisotopic (exact) mass is 524 g/mol. The number of oxime groups is 1. The van der Waals surface area contributed by atoms with E-state index in [2.05, 4.69) is 20.4 Å². The summed E-state index contributed by atoms with van der Waals surface area (Å²) in [4.78, 5) is 48.0. The third kappa shape index (κ3) is 4.48. The van der Waals surface area contributed by atoms with Gasteiger partial charge in [0.15, 0.2) is 10.8 Å². The van der Waals surface area contributed by atoms with E-state index >= 15 is 0 Å². The average molecular weight is 525 g/mol. The zero-order chi connectivity index (χ0) is 23.7. The number of rotatable bonds is 7. The molecule has 172 valence electrons. The van der Waals surface area contributed by atoms with Gasteiger partial charge in [0.2, 0.25) is 0 Å². The van der Waals surface area contributed by atoms with Crippen LogP contribution in [0.4, 0.5) is 5.13 Å². The molecular formula is C18H16N6O5S4. The Kier molecular flexibility index (Phi) is 6.73. The van der Waals surface area contributed by atoms with Gasteiger partial charge in [-0.3, -0.25) is 14.5 Å². The van der Waals surface area contributed by atoms with E-state index in [0.29, 0.717) is 10.7 Å². The van der Waals surface area contributed by atoms with Crippen molar-refractivity contribution >= 4 is 80.9 Å². The molecule has 33 heavy (non-hydrogen) atoms. The molecule has 1 saturated heterocycles. The van der Waals surface area contributed by atoms with Gasteiger partial charge in [-0.2, -0.15) is 0 Å². The highest BCUT2D eigenvalue weighted by atomic mass is 32.2. The first-order valence-electron chi connectivity index (χ1n) is 9.20. The summed E-state index contributed by atoms with van der Waals surface area (Å²) < 4.78 is 0. The van der Waals surface area contributed by atoms with Crippen LogP contribution in [0.3, 0.4) is 0 Å². The highest BCUT2D eigenvalue weighted by Crippen LogP contribution is 2.43. The number of nitrogens with two attached hydrogens (primary N) is 1. The second-order valence-corrected chi connectivity index (χ2v) is 10.6. The Labute approximate surface area is 203 Å². The van der Waals surface area contributed by atoms with E-state index in [1.807, 2.05) is 13.0 Å². The lowest BCUT2D eigenvalue weighted by molar-refractivity contribution is -0.150. The highest BCUT2D eigenvalue weighted by molar-refractivity contribution is 8.08. The van der Waals surface area contributed by atoms with Crippen LogP contribution in [0.2, 0.25) is 0 Å². The number of carbonyl (C=O) groups excluding carboxylic acids is 2. The number of aliphatic carboxylic acids is 1. The van der Waals surface area contributed by atoms with Crippen molar-refractivity contribution in [2.75, 3.05) is 11.5 Å². The lowest BCUT2D eigenvalue weighted by atomic mass is 10.0. The summed E-state index contributed by atoms with van der Waals surface area (Å²) in [5.74, 6) is -2.25. The molecule has 4 heterocycles. The molecule has 2 atom stereocenters. The number of β-lactam (4-membered cyclic amide) rings is 1. The molecule has 15 heteroatoms. The number of fused-ring (bicyclic) bond motifs is 1. The Hall–Kier alpha value is -2.88. The van der Waals surface area contributed by atoms with Crippen LogP contribution >= 0.6 is 46.2 Å². The summed E-state index contributed by atoms with van der Waals surface area (Å²) in [7, 11) is 0. The van der Waals surface area contributed by atoms with Crippen LogP contribution in [-0.4, -0.2) is 65.8 Å². The predicted molar refractivity (Wildman–Crippen MR) is 128 cm³/mol. The molecule has 2 aliphatic heterocycles. The number of thiazole rings is 2. The third-order valence-corrected chi connectivity index (χ3v) is 8.64. The molecule has 0 bridgehead atoms. The number of carboxylic acid groups (broad SMARTS) is 1. The first-order valence-corrected chi connectivity index (χ1v) is 12.9. The molecule has 11 nitrogen and oxygen atoms in total. The minimum absolute atomic E-state index is 0.0743. The molecule has 2 aromatic rings. The van der Waals surface area contributed by atoms with E-state index in [0.717, 1.165) is 21.9 Å². The van der Waals surface area contributed by atoms with E-state index < -0.39 is 29.2 Å². The van der Waals surface area contributed by atoms with Crippen LogP contribution in [0, 0.1) is 6.92 Å². The fraction of sp³-hybridized carbons (Fsp3) is 0.222. The van der Waals surface area contributed by atoms with Crippen molar-refractivity contribution in [2.45, 2.75) is 18.3 Å². The maximum atomic E-state index is 12.8. The SMILES string of the molecule is Cc1ncsc1/C=C\SC1=C(C(=O)O)N2C(=O)[C@@H](NC(=O)/C(=N\O)c3csc(N)n3)[C@H]2SC1. The number of hydrogen-bond donors (Lipinski definition) is 4. The largest absolute Gasteiger partial charge is 0.477 e. The smallest absolute Gasteiger partial charge is 0.353 e. The number of amides is 2. The van der Waals surface area contributed by atoms with Crippen molar-refractivity contribution in [2.24, 2.45) is 5.16 Å². The number of hydrogen-bond acceptors (Lipinski definition) is 12. The van der Waals surface area contributed by atoms with Crippen LogP contribution in [0.25, 0.3) is 6.08 Å². The summed E-state index contributed by atoms with van der Waals surface area (Å²) in [6.07, 6.45) is 1.85. The van der Waals surface area contributed by atoms with Crippen molar-refractivity contribution in [1.29, 1.82) is 0 Å². The topological polar surface area (TPSA) is 171 Å². The van der Waals surface area contributed by atoms with Gasteiger partial charge in [-0.05, 0) is 18.4 Å². The number of aryl methyl sites for hydroxylation is 1. The number of nitrogens with one attached hydrogen (secondary N) is 1. The van der Waals surface area contributed by atoms with Gasteiger partial charge in [0.05, 0.1) is 16.1 Å². The summed E-state index contributed by atoms with van der Waals surface area (Å²) in [6.45, 7) is 1.88. The van der Waals surface area contributed by atoms with E-state index in [-0.39, 0.29) is 22.2 Å². The first kappa shape index (κ1) is 23.3. The molecule has 1 fully saturated rings. The standard InChI is InChI=1S/C18H16N6O5S4/c1-7-9(33-6-20-7)2-3-30-10-5-31-16-12(15(26)24(16)13(10)17(27)28)22-14(25)11(23-29)8-4-32-18(19)21-8/h2-4,6,12,16,29H,5H2,1H3,(H2,19,21)(H,22,25)(H,27,28)/b3-2-,23-11-/t12-,16-/m1/s1. The Morgan fingerprint density at radius 1 is 1.42 bits per heavy atom. The average Bonchev–Trinajstić information content (AvgIpc) is 3.39. The van der Waals surface area contributed by atoms with Gasteiger partial charge in [0.1, 0.15) is 22.8 Å². The van der Waals surface area contributed by atoms with Gasteiger partial charge in [-0.25, -0.2) is 14.8 Å². The Balaban J connectivity index is 1.48. The van der Waals surface area contributed by atoms with Crippen molar-refractivity contribution in [3.63, 3.8) is 0 Å². The molecule has 0 aromatic carbocycles. The summed E-state index contributed by atoms with van der Waals surface area (Å²) in [6, 6.07) is -0.966. The Morgan fingerprint density at radius 3 is 2.82 bits per heavy atom. The van der Waals surface area contributed by atoms with Gasteiger partial charge >= 0.3 is 5.97 Å². The first-order chi connectivity index (χ1) is 15.8. The number of nitrogen functional groups attached to an aromatic ring is 1. The van der Waals surface area contributed by atoms with Crippen LogP contribution in [0.5, 0.6) is 0 Å². The number of nitrogens with zero attached hydrogens (tertiary/aromatic N) is 4. The summed E-state index contributed by atoms with van der Waals surface area (Å²) in [5.41, 5.74) is 7.74. The van der Waals surface area contributed by atoms with Gasteiger partial charge in [0, 0.05) is 16.0 Å². The molecule has 0 unspecified atom stereocenters. The van der Waals surface area contributed by atoms with Crippen molar-refractivity contribution in [3.05, 3.63) is 43.2 Å². The lowest BCUT2D eigenvalue weighted by Gasteiger charge is -2.49. The fourth-order valence-corrected chi connectivity index (χ4v) is 6.81. The van der Waals surface area contributed by atoms with Gasteiger partial charge in [-0.15, -0.1) is 34.4 Å². The molecule has 0 radical (unpaired) electrons. The maximum Gasteiger partial charge on any atom is 0.353 e. The molecule has 4 rings (SSSR count). The summed E-state index contributed by atoms with van der Waals surface area (Å²) in [5, 5.41) is 27.3. The second-order valence-electron chi connectivity index (χ2n) is 6.68. The van der Waals surface area contributed by atoms with E-state index in [9.17, 15) is 24.7 Å².